The number of aryl methyl sites for hydroxylation is 1. The molecule has 1 saturated heterocycles. The van der Waals surface area contributed by atoms with Crippen LogP contribution in [0.2, 0.25) is 0 Å². The van der Waals surface area contributed by atoms with Gasteiger partial charge in [-0.2, -0.15) is 0 Å². The van der Waals surface area contributed by atoms with Gasteiger partial charge in [0.05, 0.1) is 6.04 Å². The third kappa shape index (κ3) is 2.96. The first-order valence-corrected chi connectivity index (χ1v) is 8.04. The Morgan fingerprint density at radius 2 is 2.28 bits per heavy atom. The molecule has 2 rings (SSSR count). The molecule has 102 valence electrons. The number of halogens is 1. The third-order valence-electron chi connectivity index (χ3n) is 3.86. The molecule has 0 aliphatic carbocycles. The lowest BCUT2D eigenvalue weighted by Crippen LogP contribution is -2.52. The minimum absolute atomic E-state index is 0.371. The molecule has 0 aromatic carbocycles. The highest BCUT2D eigenvalue weighted by atomic mass is 79.9. The van der Waals surface area contributed by atoms with Crippen LogP contribution in [0.1, 0.15) is 22.7 Å². The Labute approximate surface area is 122 Å². The standard InChI is InChI=1S/C13H22BrN3S/c1-9-8-17(5-4-16(9)3)12(7-15)13-6-11(14)10(2)18-13/h6,9,12H,4-5,7-8,15H2,1-3H3. The Morgan fingerprint density at radius 1 is 1.56 bits per heavy atom. The normalized spacial score (nSPS) is 24.4. The Kier molecular flexibility index (Phi) is 4.83. The zero-order valence-corrected chi connectivity index (χ0v) is 13.7. The van der Waals surface area contributed by atoms with E-state index in [2.05, 4.69) is 52.7 Å². The third-order valence-corrected chi connectivity index (χ3v) is 6.10. The van der Waals surface area contributed by atoms with Crippen LogP contribution in [-0.4, -0.2) is 49.1 Å². The number of thiophene rings is 1. The van der Waals surface area contributed by atoms with Crippen LogP contribution in [0.25, 0.3) is 0 Å². The van der Waals surface area contributed by atoms with E-state index in [9.17, 15) is 0 Å². The van der Waals surface area contributed by atoms with E-state index in [1.807, 2.05) is 11.3 Å². The number of hydrogen-bond acceptors (Lipinski definition) is 4. The van der Waals surface area contributed by atoms with Crippen LogP contribution >= 0.6 is 27.3 Å². The Hall–Kier alpha value is 0.0600. The summed E-state index contributed by atoms with van der Waals surface area (Å²) in [6.45, 7) is 8.48. The predicted molar refractivity (Wildman–Crippen MR) is 82.2 cm³/mol. The fraction of sp³-hybridized carbons (Fsp3) is 0.692. The number of nitrogens with zero attached hydrogens (tertiary/aromatic N) is 2. The molecule has 2 atom stereocenters. The van der Waals surface area contributed by atoms with Gasteiger partial charge in [0.1, 0.15) is 0 Å². The van der Waals surface area contributed by atoms with Crippen LogP contribution in [0.3, 0.4) is 0 Å². The molecule has 0 radical (unpaired) electrons. The summed E-state index contributed by atoms with van der Waals surface area (Å²) in [6.07, 6.45) is 0. The van der Waals surface area contributed by atoms with Crippen molar-refractivity contribution in [1.82, 2.24) is 9.80 Å². The van der Waals surface area contributed by atoms with E-state index in [0.717, 1.165) is 19.6 Å². The Morgan fingerprint density at radius 3 is 2.78 bits per heavy atom. The molecular formula is C13H22BrN3S. The highest BCUT2D eigenvalue weighted by Crippen LogP contribution is 2.33. The molecule has 1 aromatic heterocycles. The van der Waals surface area contributed by atoms with Gasteiger partial charge in [-0.25, -0.2) is 0 Å². The number of hydrogen-bond donors (Lipinski definition) is 1. The van der Waals surface area contributed by atoms with Crippen molar-refractivity contribution in [1.29, 1.82) is 0 Å². The highest BCUT2D eigenvalue weighted by molar-refractivity contribution is 9.10. The quantitative estimate of drug-likeness (QED) is 0.923. The highest BCUT2D eigenvalue weighted by Gasteiger charge is 2.27. The smallest absolute Gasteiger partial charge is 0.0565 e. The monoisotopic (exact) mass is 331 g/mol. The summed E-state index contributed by atoms with van der Waals surface area (Å²) >= 11 is 5.46. The van der Waals surface area contributed by atoms with Gasteiger partial charge in [-0.15, -0.1) is 11.3 Å². The minimum Gasteiger partial charge on any atom is -0.329 e. The summed E-state index contributed by atoms with van der Waals surface area (Å²) in [5.74, 6) is 0. The number of rotatable bonds is 3. The van der Waals surface area contributed by atoms with Crippen LogP contribution < -0.4 is 5.73 Å². The van der Waals surface area contributed by atoms with Gasteiger partial charge in [-0.3, -0.25) is 4.90 Å². The average molecular weight is 332 g/mol. The second-order valence-electron chi connectivity index (χ2n) is 5.13. The maximum atomic E-state index is 6.01. The van der Waals surface area contributed by atoms with Gasteiger partial charge in [-0.05, 0) is 42.9 Å². The summed E-state index contributed by atoms with van der Waals surface area (Å²) in [7, 11) is 2.20. The molecule has 0 saturated carbocycles. The van der Waals surface area contributed by atoms with Gasteiger partial charge in [0.15, 0.2) is 0 Å². The van der Waals surface area contributed by atoms with E-state index in [4.69, 9.17) is 5.73 Å². The molecule has 0 amide bonds. The second kappa shape index (κ2) is 6.01. The molecule has 1 aliphatic heterocycles. The largest absolute Gasteiger partial charge is 0.329 e. The predicted octanol–water partition coefficient (Wildman–Crippen LogP) is 2.45. The molecule has 2 N–H and O–H groups in total. The first kappa shape index (κ1) is 14.5. The van der Waals surface area contributed by atoms with E-state index >= 15 is 0 Å². The SMILES string of the molecule is Cc1sc(C(CN)N2CCN(C)C(C)C2)cc1Br. The van der Waals surface area contributed by atoms with E-state index in [0.29, 0.717) is 18.6 Å². The lowest BCUT2D eigenvalue weighted by atomic mass is 10.1. The van der Waals surface area contributed by atoms with Crippen LogP contribution in [0.15, 0.2) is 10.5 Å². The number of likely N-dealkylation sites (N-methyl/N-ethyl adjacent to an activating group) is 1. The molecule has 2 heterocycles. The van der Waals surface area contributed by atoms with Crippen LogP contribution in [0, 0.1) is 6.92 Å². The van der Waals surface area contributed by atoms with Gasteiger partial charge < -0.3 is 10.6 Å². The van der Waals surface area contributed by atoms with Gasteiger partial charge in [-0.1, -0.05) is 0 Å². The van der Waals surface area contributed by atoms with Gasteiger partial charge in [0, 0.05) is 46.4 Å². The van der Waals surface area contributed by atoms with E-state index in [1.165, 1.54) is 14.2 Å². The number of nitrogens with two attached hydrogens (primary N) is 1. The van der Waals surface area contributed by atoms with Crippen molar-refractivity contribution in [3.8, 4) is 0 Å². The molecule has 1 fully saturated rings. The molecule has 2 unspecified atom stereocenters. The van der Waals surface area contributed by atoms with Crippen molar-refractivity contribution < 1.29 is 0 Å². The molecule has 0 spiro atoms. The molecular weight excluding hydrogens is 310 g/mol. The van der Waals surface area contributed by atoms with E-state index in [-0.39, 0.29) is 0 Å². The number of piperazine rings is 1. The van der Waals surface area contributed by atoms with Crippen LogP contribution in [-0.2, 0) is 0 Å². The van der Waals surface area contributed by atoms with Gasteiger partial charge in [0.2, 0.25) is 0 Å². The summed E-state index contributed by atoms with van der Waals surface area (Å²) in [5, 5.41) is 0. The summed E-state index contributed by atoms with van der Waals surface area (Å²) in [4.78, 5) is 7.67. The Bertz CT molecular complexity index is 387. The van der Waals surface area contributed by atoms with Crippen molar-refractivity contribution in [2.75, 3.05) is 33.2 Å². The maximum absolute atomic E-state index is 6.01. The van der Waals surface area contributed by atoms with Gasteiger partial charge in [0.25, 0.3) is 0 Å². The van der Waals surface area contributed by atoms with Crippen molar-refractivity contribution >= 4 is 27.3 Å². The van der Waals surface area contributed by atoms with Crippen molar-refractivity contribution in [3.05, 3.63) is 20.3 Å². The summed E-state index contributed by atoms with van der Waals surface area (Å²) in [5.41, 5.74) is 6.01. The van der Waals surface area contributed by atoms with Crippen LogP contribution in [0.4, 0.5) is 0 Å². The zero-order chi connectivity index (χ0) is 13.3. The molecule has 18 heavy (non-hydrogen) atoms. The first-order chi connectivity index (χ1) is 8.52. The first-order valence-electron chi connectivity index (χ1n) is 6.43. The average Bonchev–Trinajstić information content (AvgIpc) is 2.65. The van der Waals surface area contributed by atoms with Crippen molar-refractivity contribution in [2.24, 2.45) is 5.73 Å². The minimum atomic E-state index is 0.371. The molecule has 1 aliphatic rings. The lowest BCUT2D eigenvalue weighted by molar-refractivity contribution is 0.0752. The maximum Gasteiger partial charge on any atom is 0.0565 e. The Balaban J connectivity index is 2.13. The topological polar surface area (TPSA) is 32.5 Å². The van der Waals surface area contributed by atoms with E-state index < -0.39 is 0 Å². The molecule has 1 aromatic rings. The fourth-order valence-corrected chi connectivity index (χ4v) is 4.16. The molecule has 5 heteroatoms. The second-order valence-corrected chi connectivity index (χ2v) is 7.27. The lowest BCUT2D eigenvalue weighted by Gasteiger charge is -2.41. The van der Waals surface area contributed by atoms with Crippen molar-refractivity contribution in [2.45, 2.75) is 25.9 Å². The fourth-order valence-electron chi connectivity index (χ4n) is 2.45. The zero-order valence-electron chi connectivity index (χ0n) is 11.3. The molecule has 3 nitrogen and oxygen atoms in total. The summed E-state index contributed by atoms with van der Waals surface area (Å²) < 4.78 is 1.21. The summed E-state index contributed by atoms with van der Waals surface area (Å²) in [6, 6.07) is 3.22. The van der Waals surface area contributed by atoms with Crippen molar-refractivity contribution in [3.63, 3.8) is 0 Å². The van der Waals surface area contributed by atoms with E-state index in [1.54, 1.807) is 0 Å². The van der Waals surface area contributed by atoms with Crippen LogP contribution in [0.5, 0.6) is 0 Å². The van der Waals surface area contributed by atoms with Gasteiger partial charge >= 0.3 is 0 Å². The molecule has 0 bridgehead atoms.